The van der Waals surface area contributed by atoms with Crippen LogP contribution in [0.3, 0.4) is 0 Å². The number of halogens is 2. The third-order valence-corrected chi connectivity index (χ3v) is 5.02. The summed E-state index contributed by atoms with van der Waals surface area (Å²) >= 11 is 0. The normalized spacial score (nSPS) is 20.2. The molecule has 0 bridgehead atoms. The van der Waals surface area contributed by atoms with Gasteiger partial charge in [-0.05, 0) is 36.0 Å². The van der Waals surface area contributed by atoms with Gasteiger partial charge >= 0.3 is 0 Å². The monoisotopic (exact) mass is 373 g/mol. The summed E-state index contributed by atoms with van der Waals surface area (Å²) in [6.45, 7) is 14.1. The van der Waals surface area contributed by atoms with Crippen LogP contribution in [0.5, 0.6) is 0 Å². The van der Waals surface area contributed by atoms with Crippen LogP contribution < -0.4 is 10.2 Å². The Kier molecular flexibility index (Phi) is 8.34. The first-order valence-electron chi connectivity index (χ1n) is 8.85. The van der Waals surface area contributed by atoms with E-state index in [1.165, 1.54) is 37.2 Å². The van der Waals surface area contributed by atoms with Gasteiger partial charge < -0.3 is 10.2 Å². The summed E-state index contributed by atoms with van der Waals surface area (Å²) < 4.78 is 0. The van der Waals surface area contributed by atoms with Crippen molar-refractivity contribution in [1.29, 1.82) is 0 Å². The van der Waals surface area contributed by atoms with Crippen molar-refractivity contribution < 1.29 is 0 Å². The molecule has 0 aromatic heterocycles. The average molecular weight is 374 g/mol. The molecule has 5 heteroatoms. The van der Waals surface area contributed by atoms with Crippen LogP contribution >= 0.6 is 24.8 Å². The van der Waals surface area contributed by atoms with Gasteiger partial charge in [-0.25, -0.2) is 0 Å². The van der Waals surface area contributed by atoms with Crippen LogP contribution in [0.2, 0.25) is 0 Å². The number of benzene rings is 1. The van der Waals surface area contributed by atoms with E-state index in [1.54, 1.807) is 0 Å². The van der Waals surface area contributed by atoms with E-state index in [1.807, 2.05) is 0 Å². The highest BCUT2D eigenvalue weighted by Gasteiger charge is 2.32. The third-order valence-electron chi connectivity index (χ3n) is 5.02. The molecule has 1 aromatic rings. The number of nitrogens with one attached hydrogen (secondary N) is 1. The van der Waals surface area contributed by atoms with Crippen LogP contribution in [0.25, 0.3) is 0 Å². The molecule has 24 heavy (non-hydrogen) atoms. The van der Waals surface area contributed by atoms with Crippen molar-refractivity contribution in [2.75, 3.05) is 44.2 Å². The molecule has 2 fully saturated rings. The van der Waals surface area contributed by atoms with E-state index >= 15 is 0 Å². The fraction of sp³-hybridized carbons (Fsp3) is 0.684. The first-order valence-corrected chi connectivity index (χ1v) is 8.85. The second-order valence-corrected chi connectivity index (χ2v) is 7.84. The average Bonchev–Trinajstić information content (AvgIpc) is 3.02. The van der Waals surface area contributed by atoms with Crippen molar-refractivity contribution in [3.05, 3.63) is 29.8 Å². The van der Waals surface area contributed by atoms with Gasteiger partial charge in [-0.3, -0.25) is 4.90 Å². The topological polar surface area (TPSA) is 18.5 Å². The molecule has 2 aliphatic heterocycles. The number of hydrogen-bond donors (Lipinski definition) is 1. The molecule has 0 saturated carbocycles. The highest BCUT2D eigenvalue weighted by molar-refractivity contribution is 5.85. The van der Waals surface area contributed by atoms with Gasteiger partial charge in [-0.1, -0.05) is 32.9 Å². The van der Waals surface area contributed by atoms with E-state index < -0.39 is 0 Å². The van der Waals surface area contributed by atoms with E-state index in [4.69, 9.17) is 0 Å². The molecule has 0 spiro atoms. The minimum Gasteiger partial charge on any atom is -0.372 e. The number of piperazine rings is 1. The molecule has 138 valence electrons. The number of rotatable bonds is 3. The van der Waals surface area contributed by atoms with Gasteiger partial charge in [0.15, 0.2) is 0 Å². The van der Waals surface area contributed by atoms with Gasteiger partial charge in [0.25, 0.3) is 0 Å². The van der Waals surface area contributed by atoms with Crippen molar-refractivity contribution in [3.63, 3.8) is 0 Å². The molecule has 1 aromatic carbocycles. The summed E-state index contributed by atoms with van der Waals surface area (Å²) in [7, 11) is 0. The Morgan fingerprint density at radius 1 is 0.875 bits per heavy atom. The Bertz CT molecular complexity index is 472. The van der Waals surface area contributed by atoms with E-state index in [-0.39, 0.29) is 30.2 Å². The Balaban J connectivity index is 0.00000144. The van der Waals surface area contributed by atoms with E-state index in [2.05, 4.69) is 60.2 Å². The summed E-state index contributed by atoms with van der Waals surface area (Å²) in [4.78, 5) is 5.17. The number of anilines is 1. The Labute approximate surface area is 160 Å². The second kappa shape index (κ2) is 9.28. The molecule has 2 aliphatic rings. The second-order valence-electron chi connectivity index (χ2n) is 7.84. The molecule has 1 N–H and O–H groups in total. The molecule has 1 atom stereocenters. The van der Waals surface area contributed by atoms with Crippen molar-refractivity contribution >= 4 is 30.5 Å². The van der Waals surface area contributed by atoms with Crippen LogP contribution in [-0.2, 0) is 0 Å². The van der Waals surface area contributed by atoms with Crippen LogP contribution in [0.1, 0.15) is 45.2 Å². The Morgan fingerprint density at radius 3 is 1.92 bits per heavy atom. The lowest BCUT2D eigenvalue weighted by Crippen LogP contribution is -2.48. The molecule has 2 heterocycles. The zero-order valence-electron chi connectivity index (χ0n) is 15.3. The van der Waals surface area contributed by atoms with E-state index in [0.717, 1.165) is 26.2 Å². The molecule has 2 saturated heterocycles. The van der Waals surface area contributed by atoms with E-state index in [0.29, 0.717) is 6.04 Å². The van der Waals surface area contributed by atoms with Crippen molar-refractivity contribution in [1.82, 2.24) is 10.2 Å². The summed E-state index contributed by atoms with van der Waals surface area (Å²) in [5.74, 6) is 0. The smallest absolute Gasteiger partial charge is 0.0397 e. The van der Waals surface area contributed by atoms with Crippen LogP contribution in [0.15, 0.2) is 24.3 Å². The lowest BCUT2D eigenvalue weighted by atomic mass is 9.81. The minimum atomic E-state index is 0. The highest BCUT2D eigenvalue weighted by atomic mass is 35.5. The summed E-state index contributed by atoms with van der Waals surface area (Å²) in [5, 5.41) is 3.47. The number of nitrogens with zero attached hydrogens (tertiary/aromatic N) is 2. The van der Waals surface area contributed by atoms with Gasteiger partial charge in [0.2, 0.25) is 0 Å². The van der Waals surface area contributed by atoms with Crippen LogP contribution in [-0.4, -0.2) is 44.2 Å². The Hall–Kier alpha value is -0.480. The fourth-order valence-electron chi connectivity index (χ4n) is 4.04. The van der Waals surface area contributed by atoms with Gasteiger partial charge in [-0.15, -0.1) is 24.8 Å². The van der Waals surface area contributed by atoms with Crippen LogP contribution in [0.4, 0.5) is 5.69 Å². The summed E-state index contributed by atoms with van der Waals surface area (Å²) in [6, 6.07) is 9.91. The summed E-state index contributed by atoms with van der Waals surface area (Å²) in [5.41, 5.74) is 3.12. The minimum absolute atomic E-state index is 0. The molecular weight excluding hydrogens is 341 g/mol. The fourth-order valence-corrected chi connectivity index (χ4v) is 4.04. The molecule has 0 unspecified atom stereocenters. The van der Waals surface area contributed by atoms with Gasteiger partial charge in [0.1, 0.15) is 0 Å². The first-order chi connectivity index (χ1) is 10.6. The molecule has 3 nitrogen and oxygen atoms in total. The molecule has 0 amide bonds. The quantitative estimate of drug-likeness (QED) is 0.859. The molecule has 3 rings (SSSR count). The molecule has 0 aliphatic carbocycles. The zero-order chi connectivity index (χ0) is 15.6. The highest BCUT2D eigenvalue weighted by Crippen LogP contribution is 2.38. The summed E-state index contributed by atoms with van der Waals surface area (Å²) in [6.07, 6.45) is 2.68. The van der Waals surface area contributed by atoms with Crippen molar-refractivity contribution in [2.24, 2.45) is 5.41 Å². The lowest BCUT2D eigenvalue weighted by molar-refractivity contribution is 0.0862. The van der Waals surface area contributed by atoms with Crippen LogP contribution in [0, 0.1) is 5.41 Å². The van der Waals surface area contributed by atoms with Gasteiger partial charge in [0, 0.05) is 51.0 Å². The van der Waals surface area contributed by atoms with Crippen molar-refractivity contribution in [2.45, 2.75) is 39.7 Å². The molecule has 0 radical (unpaired) electrons. The maximum absolute atomic E-state index is 3.47. The zero-order valence-corrected chi connectivity index (χ0v) is 16.9. The predicted octanol–water partition coefficient (Wildman–Crippen LogP) is 4.12. The maximum atomic E-state index is 3.47. The lowest BCUT2D eigenvalue weighted by Gasteiger charge is -2.42. The first kappa shape index (κ1) is 21.6. The predicted molar refractivity (Wildman–Crippen MR) is 109 cm³/mol. The standard InChI is InChI=1S/C19H31N3.2ClH/c1-19(2,3)18(22-14-10-20-11-15-22)16-6-8-17(9-7-16)21-12-4-5-13-21;;/h6-9,18,20H,4-5,10-15H2,1-3H3;2*1H/t18-;;/m1../s1. The SMILES string of the molecule is CC(C)(C)[C@@H](c1ccc(N2CCCC2)cc1)N1CCNCC1.Cl.Cl. The number of hydrogen-bond acceptors (Lipinski definition) is 3. The van der Waals surface area contributed by atoms with Gasteiger partial charge in [0.05, 0.1) is 0 Å². The van der Waals surface area contributed by atoms with Crippen molar-refractivity contribution in [3.8, 4) is 0 Å². The van der Waals surface area contributed by atoms with E-state index in [9.17, 15) is 0 Å². The van der Waals surface area contributed by atoms with Gasteiger partial charge in [-0.2, -0.15) is 0 Å². The third kappa shape index (κ3) is 5.01. The largest absolute Gasteiger partial charge is 0.372 e. The Morgan fingerprint density at radius 2 is 1.42 bits per heavy atom. The maximum Gasteiger partial charge on any atom is 0.0397 e. The molecular formula is C19H33Cl2N3.